The minimum absolute atomic E-state index is 0.0271. The number of carbonyl (C=O) groups excluding carboxylic acids is 2. The summed E-state index contributed by atoms with van der Waals surface area (Å²) in [7, 11) is 1.53. The lowest BCUT2D eigenvalue weighted by molar-refractivity contribution is -0.138. The average Bonchev–Trinajstić information content (AvgIpc) is 3.33. The van der Waals surface area contributed by atoms with Crippen molar-refractivity contribution >= 4 is 22.8 Å². The highest BCUT2D eigenvalue weighted by atomic mass is 19.1. The van der Waals surface area contributed by atoms with Gasteiger partial charge < -0.3 is 24.5 Å². The predicted molar refractivity (Wildman–Crippen MR) is 111 cm³/mol. The number of hydrogen-bond acceptors (Lipinski definition) is 5. The molecule has 2 unspecified atom stereocenters. The van der Waals surface area contributed by atoms with Crippen LogP contribution >= 0.6 is 0 Å². The number of furan rings is 1. The molecule has 7 nitrogen and oxygen atoms in total. The molecule has 1 aliphatic rings. The predicted octanol–water partition coefficient (Wildman–Crippen LogP) is 2.40. The zero-order valence-corrected chi connectivity index (χ0v) is 17.0. The molecule has 2 N–H and O–H groups in total. The molecule has 4 rings (SSSR count). The number of ether oxygens (including phenoxy) is 1. The number of rotatable bonds is 6. The fourth-order valence-corrected chi connectivity index (χ4v) is 3.94. The van der Waals surface area contributed by atoms with Gasteiger partial charge in [0.1, 0.15) is 17.4 Å². The first-order chi connectivity index (χ1) is 15.0. The molecule has 2 heterocycles. The lowest BCUT2D eigenvalue weighted by Crippen LogP contribution is -2.46. The van der Waals surface area contributed by atoms with Gasteiger partial charge in [0.25, 0.3) is 0 Å². The molecule has 1 aromatic heterocycles. The minimum Gasteiger partial charge on any atom is -0.492 e. The molecule has 0 saturated carbocycles. The Labute approximate surface area is 178 Å². The van der Waals surface area contributed by atoms with E-state index in [1.54, 1.807) is 18.2 Å². The van der Waals surface area contributed by atoms with Gasteiger partial charge in [0.05, 0.1) is 31.6 Å². The third-order valence-corrected chi connectivity index (χ3v) is 5.45. The number of amides is 2. The highest BCUT2D eigenvalue weighted by Crippen LogP contribution is 2.32. The minimum atomic E-state index is -0.843. The van der Waals surface area contributed by atoms with Gasteiger partial charge in [-0.2, -0.15) is 0 Å². The number of nitrogens with zero attached hydrogens (tertiary/aromatic N) is 1. The number of nitrogens with one attached hydrogen (secondary N) is 1. The van der Waals surface area contributed by atoms with E-state index in [2.05, 4.69) is 5.32 Å². The summed E-state index contributed by atoms with van der Waals surface area (Å²) >= 11 is 0. The summed E-state index contributed by atoms with van der Waals surface area (Å²) in [4.78, 5) is 26.9. The molecule has 162 valence electrons. The lowest BCUT2D eigenvalue weighted by atomic mass is 10.1. The normalized spacial score (nSPS) is 18.4. The van der Waals surface area contributed by atoms with Gasteiger partial charge in [0.2, 0.25) is 11.8 Å². The molecule has 0 aliphatic carbocycles. The number of likely N-dealkylation sites (tertiary alicyclic amines) is 1. The van der Waals surface area contributed by atoms with E-state index >= 15 is 0 Å². The van der Waals surface area contributed by atoms with Crippen molar-refractivity contribution < 1.29 is 28.2 Å². The number of hydrogen-bond donors (Lipinski definition) is 2. The van der Waals surface area contributed by atoms with Crippen molar-refractivity contribution in [2.24, 2.45) is 0 Å². The maximum Gasteiger partial charge on any atom is 0.243 e. The van der Waals surface area contributed by atoms with Crippen LogP contribution in [0.1, 0.15) is 17.7 Å². The second-order valence-electron chi connectivity index (χ2n) is 7.49. The largest absolute Gasteiger partial charge is 0.492 e. The summed E-state index contributed by atoms with van der Waals surface area (Å²) in [5, 5.41) is 13.6. The summed E-state index contributed by atoms with van der Waals surface area (Å²) in [6.45, 7) is 0.0952. The van der Waals surface area contributed by atoms with E-state index in [-0.39, 0.29) is 31.5 Å². The standard InChI is InChI=1S/C23H23FN2O5/c1-30-22-16-7-3-5-9-19(16)31-20(22)12-25-23(29)18-11-15(27)13-26(18)21(28)10-14-6-2-4-8-17(14)24/h2-9,15,18,27H,10-13H2,1H3,(H,25,29). The Morgan fingerprint density at radius 3 is 2.74 bits per heavy atom. The van der Waals surface area contributed by atoms with E-state index < -0.39 is 29.8 Å². The number of aliphatic hydroxyl groups excluding tert-OH is 1. The van der Waals surface area contributed by atoms with Crippen LogP contribution in [0.3, 0.4) is 0 Å². The van der Waals surface area contributed by atoms with Crippen molar-refractivity contribution in [3.05, 3.63) is 65.7 Å². The fraction of sp³-hybridized carbons (Fsp3) is 0.304. The van der Waals surface area contributed by atoms with E-state index in [0.717, 1.165) is 5.39 Å². The molecule has 1 aliphatic heterocycles. The lowest BCUT2D eigenvalue weighted by Gasteiger charge is -2.23. The number of para-hydroxylation sites is 1. The van der Waals surface area contributed by atoms with Crippen LogP contribution in [0.4, 0.5) is 4.39 Å². The van der Waals surface area contributed by atoms with Crippen molar-refractivity contribution in [2.75, 3.05) is 13.7 Å². The van der Waals surface area contributed by atoms with E-state index in [9.17, 15) is 19.1 Å². The molecule has 2 amide bonds. The number of halogens is 1. The maximum absolute atomic E-state index is 13.9. The quantitative estimate of drug-likeness (QED) is 0.632. The SMILES string of the molecule is COc1c(CNC(=O)C2CC(O)CN2C(=O)Cc2ccccc2F)oc2ccccc12. The second kappa shape index (κ2) is 8.77. The van der Waals surface area contributed by atoms with E-state index in [1.165, 1.54) is 24.1 Å². The number of carbonyl (C=O) groups is 2. The molecule has 2 aromatic carbocycles. The molecule has 8 heteroatoms. The van der Waals surface area contributed by atoms with Crippen LogP contribution in [0.5, 0.6) is 5.75 Å². The van der Waals surface area contributed by atoms with E-state index in [0.29, 0.717) is 17.1 Å². The molecule has 0 radical (unpaired) electrons. The Kier molecular flexibility index (Phi) is 5.90. The van der Waals surface area contributed by atoms with Crippen molar-refractivity contribution in [1.82, 2.24) is 10.2 Å². The van der Waals surface area contributed by atoms with Gasteiger partial charge in [-0.3, -0.25) is 9.59 Å². The Bertz CT molecular complexity index is 1110. The van der Waals surface area contributed by atoms with Crippen LogP contribution in [0.25, 0.3) is 11.0 Å². The van der Waals surface area contributed by atoms with Crippen molar-refractivity contribution in [1.29, 1.82) is 0 Å². The summed E-state index contributed by atoms with van der Waals surface area (Å²) in [6.07, 6.45) is -0.881. The maximum atomic E-state index is 13.9. The van der Waals surface area contributed by atoms with Crippen LogP contribution in [0, 0.1) is 5.82 Å². The molecule has 3 aromatic rings. The molecule has 0 bridgehead atoms. The molecular formula is C23H23FN2O5. The van der Waals surface area contributed by atoms with Gasteiger partial charge >= 0.3 is 0 Å². The van der Waals surface area contributed by atoms with Crippen molar-refractivity contribution in [3.63, 3.8) is 0 Å². The Balaban J connectivity index is 1.46. The van der Waals surface area contributed by atoms with Crippen LogP contribution in [0.2, 0.25) is 0 Å². The monoisotopic (exact) mass is 426 g/mol. The van der Waals surface area contributed by atoms with Gasteiger partial charge in [0.15, 0.2) is 11.5 Å². The van der Waals surface area contributed by atoms with Gasteiger partial charge in [0, 0.05) is 13.0 Å². The zero-order chi connectivity index (χ0) is 22.0. The first kappa shape index (κ1) is 20.9. The number of methoxy groups -OCH3 is 1. The first-order valence-corrected chi connectivity index (χ1v) is 10.0. The third kappa shape index (κ3) is 4.25. The third-order valence-electron chi connectivity index (χ3n) is 5.45. The van der Waals surface area contributed by atoms with E-state index in [4.69, 9.17) is 9.15 Å². The molecule has 1 saturated heterocycles. The number of β-amino-alcohol motifs (C(OH)–C–C–N with tert-alkyl or cyclic N) is 1. The Morgan fingerprint density at radius 2 is 1.97 bits per heavy atom. The van der Waals surface area contributed by atoms with Crippen LogP contribution in [0.15, 0.2) is 52.9 Å². The summed E-state index contributed by atoms with van der Waals surface area (Å²) in [5.41, 5.74) is 0.890. The highest BCUT2D eigenvalue weighted by Gasteiger charge is 2.39. The van der Waals surface area contributed by atoms with Crippen molar-refractivity contribution in [3.8, 4) is 5.75 Å². The number of benzene rings is 2. The highest BCUT2D eigenvalue weighted by molar-refractivity contribution is 5.90. The molecular weight excluding hydrogens is 403 g/mol. The fourth-order valence-electron chi connectivity index (χ4n) is 3.94. The van der Waals surface area contributed by atoms with Crippen molar-refractivity contribution in [2.45, 2.75) is 31.5 Å². The summed E-state index contributed by atoms with van der Waals surface area (Å²) in [5.74, 6) is -0.313. The average molecular weight is 426 g/mol. The van der Waals surface area contributed by atoms with Crippen LogP contribution in [-0.2, 0) is 22.6 Å². The Hall–Kier alpha value is -3.39. The molecule has 31 heavy (non-hydrogen) atoms. The molecule has 1 fully saturated rings. The van der Waals surface area contributed by atoms with E-state index in [1.807, 2.05) is 18.2 Å². The summed E-state index contributed by atoms with van der Waals surface area (Å²) < 4.78 is 25.1. The van der Waals surface area contributed by atoms with Gasteiger partial charge in [-0.05, 0) is 23.8 Å². The molecule has 2 atom stereocenters. The topological polar surface area (TPSA) is 92.0 Å². The summed E-state index contributed by atoms with van der Waals surface area (Å²) in [6, 6.07) is 12.5. The second-order valence-corrected chi connectivity index (χ2v) is 7.49. The number of aliphatic hydroxyl groups is 1. The van der Waals surface area contributed by atoms with Gasteiger partial charge in [-0.15, -0.1) is 0 Å². The molecule has 0 spiro atoms. The van der Waals surface area contributed by atoms with Gasteiger partial charge in [-0.25, -0.2) is 4.39 Å². The smallest absolute Gasteiger partial charge is 0.243 e. The van der Waals surface area contributed by atoms with Crippen LogP contribution < -0.4 is 10.1 Å². The Morgan fingerprint density at radius 1 is 1.23 bits per heavy atom. The van der Waals surface area contributed by atoms with Crippen LogP contribution in [-0.4, -0.2) is 47.6 Å². The number of fused-ring (bicyclic) bond motifs is 1. The zero-order valence-electron chi connectivity index (χ0n) is 17.0. The first-order valence-electron chi connectivity index (χ1n) is 10.0. The van der Waals surface area contributed by atoms with Gasteiger partial charge in [-0.1, -0.05) is 30.3 Å².